The predicted molar refractivity (Wildman–Crippen MR) is 71.1 cm³/mol. The van der Waals surface area contributed by atoms with Crippen molar-refractivity contribution in [3.05, 3.63) is 21.0 Å². The first kappa shape index (κ1) is 14.2. The first-order chi connectivity index (χ1) is 7.95. The molecule has 1 aromatic heterocycles. The van der Waals surface area contributed by atoms with Gasteiger partial charge in [-0.3, -0.25) is 4.79 Å². The largest absolute Gasteiger partial charge is 0.394 e. The molecule has 1 rings (SSSR count). The summed E-state index contributed by atoms with van der Waals surface area (Å²) in [5.74, 6) is 0.470. The van der Waals surface area contributed by atoms with E-state index in [2.05, 4.69) is 40.2 Å². The van der Waals surface area contributed by atoms with E-state index < -0.39 is 0 Å². The molecular weight excluding hydrogens is 286 g/mol. The van der Waals surface area contributed by atoms with Gasteiger partial charge in [0, 0.05) is 13.1 Å². The minimum atomic E-state index is -0.198. The van der Waals surface area contributed by atoms with Gasteiger partial charge in [-0.15, -0.1) is 0 Å². The maximum absolute atomic E-state index is 11.6. The molecule has 0 aliphatic carbocycles. The molecule has 17 heavy (non-hydrogen) atoms. The lowest BCUT2D eigenvalue weighted by Gasteiger charge is -2.19. The molecule has 6 heteroatoms. The highest BCUT2D eigenvalue weighted by Crippen LogP contribution is 2.18. The molecule has 0 bridgehead atoms. The van der Waals surface area contributed by atoms with Gasteiger partial charge in [0.15, 0.2) is 0 Å². The Morgan fingerprint density at radius 3 is 2.76 bits per heavy atom. The summed E-state index contributed by atoms with van der Waals surface area (Å²) < 4.78 is 1.70. The van der Waals surface area contributed by atoms with Gasteiger partial charge in [-0.05, 0) is 28.3 Å². The van der Waals surface area contributed by atoms with Crippen LogP contribution >= 0.6 is 15.9 Å². The van der Waals surface area contributed by atoms with E-state index in [0.717, 1.165) is 6.42 Å². The Hall–Kier alpha value is -0.880. The number of aryl methyl sites for hydroxylation is 1. The van der Waals surface area contributed by atoms with Crippen LogP contribution in [-0.2, 0) is 7.05 Å². The van der Waals surface area contributed by atoms with Crippen molar-refractivity contribution in [3.63, 3.8) is 0 Å². The van der Waals surface area contributed by atoms with Crippen LogP contribution in [-0.4, -0.2) is 27.5 Å². The Morgan fingerprint density at radius 2 is 2.24 bits per heavy atom. The Balaban J connectivity index is 2.87. The Bertz CT molecular complexity index is 431. The van der Waals surface area contributed by atoms with Crippen LogP contribution in [0.15, 0.2) is 15.5 Å². The Kier molecular flexibility index (Phi) is 5.14. The van der Waals surface area contributed by atoms with Gasteiger partial charge in [-0.25, -0.2) is 4.68 Å². The highest BCUT2D eigenvalue weighted by Gasteiger charge is 2.13. The molecule has 0 aromatic carbocycles. The number of anilines is 1. The molecule has 2 N–H and O–H groups in total. The molecule has 0 aliphatic heterocycles. The summed E-state index contributed by atoms with van der Waals surface area (Å²) >= 11 is 3.24. The van der Waals surface area contributed by atoms with Crippen LogP contribution in [0.2, 0.25) is 0 Å². The summed E-state index contributed by atoms with van der Waals surface area (Å²) in [5.41, 5.74) is 0.420. The molecule has 0 saturated heterocycles. The molecule has 1 atom stereocenters. The van der Waals surface area contributed by atoms with Crippen LogP contribution in [0.3, 0.4) is 0 Å². The predicted octanol–water partition coefficient (Wildman–Crippen LogP) is 1.36. The van der Waals surface area contributed by atoms with Crippen molar-refractivity contribution in [2.45, 2.75) is 26.3 Å². The zero-order chi connectivity index (χ0) is 13.0. The third kappa shape index (κ3) is 3.81. The second-order valence-corrected chi connectivity index (χ2v) is 5.25. The molecule has 0 saturated carbocycles. The topological polar surface area (TPSA) is 67.2 Å². The molecule has 0 amide bonds. The summed E-state index contributed by atoms with van der Waals surface area (Å²) in [5, 5.41) is 16.3. The zero-order valence-electron chi connectivity index (χ0n) is 10.3. The summed E-state index contributed by atoms with van der Waals surface area (Å²) in [6.07, 6.45) is 2.41. The van der Waals surface area contributed by atoms with Crippen LogP contribution < -0.4 is 10.9 Å². The SMILES string of the molecule is CC(C)CC(CO)Nc1cnn(C)c(=O)c1Br. The van der Waals surface area contributed by atoms with Gasteiger partial charge in [-0.2, -0.15) is 5.10 Å². The third-order valence-electron chi connectivity index (χ3n) is 2.41. The van der Waals surface area contributed by atoms with Crippen molar-refractivity contribution in [1.82, 2.24) is 9.78 Å². The summed E-state index contributed by atoms with van der Waals surface area (Å²) in [4.78, 5) is 11.6. The number of aliphatic hydroxyl groups excluding tert-OH is 1. The molecule has 1 unspecified atom stereocenters. The van der Waals surface area contributed by atoms with E-state index in [4.69, 9.17) is 0 Å². The van der Waals surface area contributed by atoms with Crippen molar-refractivity contribution in [1.29, 1.82) is 0 Å². The minimum Gasteiger partial charge on any atom is -0.394 e. The number of hydrogen-bond donors (Lipinski definition) is 2. The van der Waals surface area contributed by atoms with Crippen LogP contribution in [0.1, 0.15) is 20.3 Å². The van der Waals surface area contributed by atoms with E-state index in [1.54, 1.807) is 13.2 Å². The molecule has 96 valence electrons. The van der Waals surface area contributed by atoms with E-state index in [0.29, 0.717) is 16.1 Å². The molecule has 1 aromatic rings. The van der Waals surface area contributed by atoms with Crippen molar-refractivity contribution < 1.29 is 5.11 Å². The van der Waals surface area contributed by atoms with Gasteiger partial charge in [0.1, 0.15) is 4.47 Å². The lowest BCUT2D eigenvalue weighted by molar-refractivity contribution is 0.259. The maximum atomic E-state index is 11.6. The molecule has 0 aliphatic rings. The normalized spacial score (nSPS) is 12.8. The minimum absolute atomic E-state index is 0.0276. The van der Waals surface area contributed by atoms with Gasteiger partial charge < -0.3 is 10.4 Å². The number of nitrogens with zero attached hydrogens (tertiary/aromatic N) is 2. The summed E-state index contributed by atoms with van der Waals surface area (Å²) in [7, 11) is 1.59. The first-order valence-corrected chi connectivity index (χ1v) is 6.34. The Labute approximate surface area is 109 Å². The number of aromatic nitrogens is 2. The molecule has 0 spiro atoms. The monoisotopic (exact) mass is 303 g/mol. The number of halogens is 1. The molecule has 0 radical (unpaired) electrons. The van der Waals surface area contributed by atoms with Crippen LogP contribution in [0.25, 0.3) is 0 Å². The van der Waals surface area contributed by atoms with Gasteiger partial charge in [0.05, 0.1) is 18.5 Å². The van der Waals surface area contributed by atoms with E-state index in [-0.39, 0.29) is 18.2 Å². The fourth-order valence-corrected chi connectivity index (χ4v) is 2.05. The van der Waals surface area contributed by atoms with Crippen molar-refractivity contribution >= 4 is 21.6 Å². The zero-order valence-corrected chi connectivity index (χ0v) is 11.9. The van der Waals surface area contributed by atoms with E-state index in [1.807, 2.05) is 0 Å². The highest BCUT2D eigenvalue weighted by molar-refractivity contribution is 9.10. The average molecular weight is 304 g/mol. The maximum Gasteiger partial charge on any atom is 0.282 e. The van der Waals surface area contributed by atoms with Crippen molar-refractivity contribution in [2.75, 3.05) is 11.9 Å². The fraction of sp³-hybridized carbons (Fsp3) is 0.636. The van der Waals surface area contributed by atoms with E-state index in [9.17, 15) is 9.90 Å². The van der Waals surface area contributed by atoms with Gasteiger partial charge in [-0.1, -0.05) is 13.8 Å². The van der Waals surface area contributed by atoms with Crippen LogP contribution in [0.5, 0.6) is 0 Å². The van der Waals surface area contributed by atoms with Gasteiger partial charge in [0.2, 0.25) is 0 Å². The second kappa shape index (κ2) is 6.16. The average Bonchev–Trinajstić information content (AvgIpc) is 2.28. The summed E-state index contributed by atoms with van der Waals surface area (Å²) in [6.45, 7) is 4.20. The number of aliphatic hydroxyl groups is 1. The molecule has 5 nitrogen and oxygen atoms in total. The highest BCUT2D eigenvalue weighted by atomic mass is 79.9. The number of hydrogen-bond acceptors (Lipinski definition) is 4. The third-order valence-corrected chi connectivity index (χ3v) is 3.18. The molecule has 0 fully saturated rings. The smallest absolute Gasteiger partial charge is 0.282 e. The van der Waals surface area contributed by atoms with E-state index >= 15 is 0 Å². The standard InChI is InChI=1S/C11H18BrN3O2/c1-7(2)4-8(6-16)14-9-5-13-15(3)11(17)10(9)12/h5,7-8,14,16H,4,6H2,1-3H3. The number of rotatable bonds is 5. The van der Waals surface area contributed by atoms with Gasteiger partial charge in [0.25, 0.3) is 5.56 Å². The quantitative estimate of drug-likeness (QED) is 0.862. The van der Waals surface area contributed by atoms with Crippen LogP contribution in [0.4, 0.5) is 5.69 Å². The van der Waals surface area contributed by atoms with Crippen molar-refractivity contribution in [3.8, 4) is 0 Å². The van der Waals surface area contributed by atoms with Gasteiger partial charge >= 0.3 is 0 Å². The molecule has 1 heterocycles. The molecular formula is C11H18BrN3O2. The second-order valence-electron chi connectivity index (χ2n) is 4.45. The first-order valence-electron chi connectivity index (χ1n) is 5.55. The van der Waals surface area contributed by atoms with Crippen molar-refractivity contribution in [2.24, 2.45) is 13.0 Å². The summed E-state index contributed by atoms with van der Waals surface area (Å²) in [6, 6.07) is -0.0693. The number of nitrogens with one attached hydrogen (secondary N) is 1. The van der Waals surface area contributed by atoms with E-state index in [1.165, 1.54) is 4.68 Å². The van der Waals surface area contributed by atoms with Crippen LogP contribution in [0, 0.1) is 5.92 Å². The Morgan fingerprint density at radius 1 is 1.59 bits per heavy atom. The lowest BCUT2D eigenvalue weighted by atomic mass is 10.0. The fourth-order valence-electron chi connectivity index (χ4n) is 1.58. The lowest BCUT2D eigenvalue weighted by Crippen LogP contribution is -2.28.